The number of ether oxygens (including phenoxy) is 1. The summed E-state index contributed by atoms with van der Waals surface area (Å²) in [6, 6.07) is 17.6. The van der Waals surface area contributed by atoms with E-state index in [4.69, 9.17) is 4.74 Å². The first kappa shape index (κ1) is 17.9. The van der Waals surface area contributed by atoms with Crippen LogP contribution in [0.2, 0.25) is 0 Å². The molecular weight excluding hydrogens is 364 g/mol. The molecule has 28 heavy (non-hydrogen) atoms. The normalized spacial score (nSPS) is 18.1. The molecule has 2 aliphatic rings. The highest BCUT2D eigenvalue weighted by Gasteiger charge is 2.35. The number of hydrogen-bond donors (Lipinski definition) is 0. The fraction of sp³-hybridized carbons (Fsp3) is 0.333. The molecule has 4 heteroatoms. The third-order valence-electron chi connectivity index (χ3n) is 5.58. The van der Waals surface area contributed by atoms with Gasteiger partial charge in [-0.2, -0.15) is 0 Å². The molecule has 3 heterocycles. The molecule has 3 nitrogen and oxygen atoms in total. The molecule has 0 amide bonds. The van der Waals surface area contributed by atoms with Crippen LogP contribution in [0.5, 0.6) is 0 Å². The number of benzene rings is 2. The van der Waals surface area contributed by atoms with Crippen LogP contribution in [0.4, 0.5) is 0 Å². The topological polar surface area (TPSA) is 17.4 Å². The van der Waals surface area contributed by atoms with E-state index in [1.54, 1.807) is 0 Å². The Labute approximate surface area is 171 Å². The molecule has 144 valence electrons. The average Bonchev–Trinajstić information content (AvgIpc) is 3.18. The van der Waals surface area contributed by atoms with Crippen molar-refractivity contribution >= 4 is 34.0 Å². The van der Waals surface area contributed by atoms with Crippen molar-refractivity contribution in [2.24, 2.45) is 0 Å². The maximum absolute atomic E-state index is 6.65. The highest BCUT2D eigenvalue weighted by molar-refractivity contribution is 7.99. The summed E-state index contributed by atoms with van der Waals surface area (Å²) >= 11 is 1.90. The number of aryl methyl sites for hydroxylation is 1. The van der Waals surface area contributed by atoms with Crippen LogP contribution < -0.4 is 0 Å². The Bertz CT molecular complexity index is 1080. The number of fused-ring (bicyclic) bond motifs is 6. The second-order valence-electron chi connectivity index (χ2n) is 7.96. The van der Waals surface area contributed by atoms with E-state index in [9.17, 15) is 0 Å². The smallest absolute Gasteiger partial charge is 0.134 e. The lowest BCUT2D eigenvalue weighted by molar-refractivity contribution is 0.151. The molecule has 1 atom stereocenters. The third kappa shape index (κ3) is 2.78. The van der Waals surface area contributed by atoms with Crippen LogP contribution in [-0.4, -0.2) is 36.2 Å². The summed E-state index contributed by atoms with van der Waals surface area (Å²) in [5.74, 6) is 1.10. The second-order valence-corrected chi connectivity index (χ2v) is 8.99. The quantitative estimate of drug-likeness (QED) is 0.566. The zero-order valence-corrected chi connectivity index (χ0v) is 17.6. The highest BCUT2D eigenvalue weighted by Crippen LogP contribution is 2.52. The molecule has 0 radical (unpaired) electrons. The lowest BCUT2D eigenvalue weighted by Crippen LogP contribution is -2.25. The second kappa shape index (κ2) is 7.02. The molecule has 0 bridgehead atoms. The number of aromatic nitrogens is 1. The maximum Gasteiger partial charge on any atom is 0.134 e. The summed E-state index contributed by atoms with van der Waals surface area (Å²) in [5, 5.41) is 2.63. The summed E-state index contributed by atoms with van der Waals surface area (Å²) in [5.41, 5.74) is 5.31. The standard InChI is InChI=1S/C24H26N2OS/c1-4-13-26-20-11-7-5-10-18(20)22-23-19(14-16(27-23)15-25(2)3)17-9-6-8-12-21(17)28-24(22)26/h5-12,16H,4,13-15H2,1-3H3. The van der Waals surface area contributed by atoms with E-state index in [0.29, 0.717) is 0 Å². The first-order chi connectivity index (χ1) is 13.7. The fourth-order valence-corrected chi connectivity index (χ4v) is 5.77. The Morgan fingerprint density at radius 3 is 2.71 bits per heavy atom. The molecule has 2 aliphatic heterocycles. The molecule has 2 aromatic carbocycles. The van der Waals surface area contributed by atoms with Gasteiger partial charge >= 0.3 is 0 Å². The predicted molar refractivity (Wildman–Crippen MR) is 118 cm³/mol. The number of likely N-dealkylation sites (N-methyl/N-ethyl adjacent to an activating group) is 1. The molecule has 0 spiro atoms. The average molecular weight is 391 g/mol. The molecule has 3 aromatic rings. The fourth-order valence-electron chi connectivity index (χ4n) is 4.51. The van der Waals surface area contributed by atoms with Crippen LogP contribution in [-0.2, 0) is 11.3 Å². The van der Waals surface area contributed by atoms with Crippen molar-refractivity contribution < 1.29 is 4.74 Å². The minimum Gasteiger partial charge on any atom is -0.488 e. The van der Waals surface area contributed by atoms with Crippen molar-refractivity contribution in [3.63, 3.8) is 0 Å². The summed E-state index contributed by atoms with van der Waals surface area (Å²) < 4.78 is 9.14. The SMILES string of the molecule is CCCn1c2c(c3ccccc31)C1=C(CC(CN(C)C)O1)c1ccccc1S2. The van der Waals surface area contributed by atoms with E-state index in [2.05, 4.69) is 79.0 Å². The van der Waals surface area contributed by atoms with Gasteiger partial charge in [-0.25, -0.2) is 0 Å². The molecule has 0 saturated heterocycles. The minimum atomic E-state index is 0.206. The van der Waals surface area contributed by atoms with E-state index < -0.39 is 0 Å². The lowest BCUT2D eigenvalue weighted by Gasteiger charge is -2.18. The van der Waals surface area contributed by atoms with Crippen molar-refractivity contribution in [3.8, 4) is 0 Å². The zero-order chi connectivity index (χ0) is 19.3. The van der Waals surface area contributed by atoms with Gasteiger partial charge in [-0.1, -0.05) is 55.1 Å². The summed E-state index contributed by atoms with van der Waals surface area (Å²) in [7, 11) is 4.24. The Hall–Kier alpha value is -2.17. The summed E-state index contributed by atoms with van der Waals surface area (Å²) in [6.07, 6.45) is 2.29. The highest BCUT2D eigenvalue weighted by atomic mass is 32.2. The first-order valence-electron chi connectivity index (χ1n) is 10.1. The van der Waals surface area contributed by atoms with Crippen molar-refractivity contribution in [2.75, 3.05) is 20.6 Å². The summed E-state index contributed by atoms with van der Waals surface area (Å²) in [6.45, 7) is 4.21. The van der Waals surface area contributed by atoms with Gasteiger partial charge in [0.15, 0.2) is 0 Å². The monoisotopic (exact) mass is 390 g/mol. The van der Waals surface area contributed by atoms with E-state index >= 15 is 0 Å². The minimum absolute atomic E-state index is 0.206. The molecule has 1 unspecified atom stereocenters. The number of para-hydroxylation sites is 1. The van der Waals surface area contributed by atoms with Crippen LogP contribution in [0.1, 0.15) is 30.9 Å². The third-order valence-corrected chi connectivity index (χ3v) is 6.77. The van der Waals surface area contributed by atoms with Gasteiger partial charge in [-0.15, -0.1) is 0 Å². The van der Waals surface area contributed by atoms with Crippen LogP contribution in [0.15, 0.2) is 58.5 Å². The van der Waals surface area contributed by atoms with Gasteiger partial charge in [0.25, 0.3) is 0 Å². The van der Waals surface area contributed by atoms with E-state index in [1.807, 2.05) is 11.8 Å². The van der Waals surface area contributed by atoms with E-state index in [0.717, 1.165) is 31.7 Å². The molecule has 5 rings (SSSR count). The van der Waals surface area contributed by atoms with Crippen LogP contribution in [0, 0.1) is 0 Å². The zero-order valence-electron chi connectivity index (χ0n) is 16.7. The molecular formula is C24H26N2OS. The van der Waals surface area contributed by atoms with Gasteiger partial charge < -0.3 is 14.2 Å². The Morgan fingerprint density at radius 2 is 1.89 bits per heavy atom. The van der Waals surface area contributed by atoms with Crippen LogP contribution in [0.3, 0.4) is 0 Å². The molecule has 1 aromatic heterocycles. The van der Waals surface area contributed by atoms with Gasteiger partial charge in [0.05, 0.1) is 10.6 Å². The Balaban J connectivity index is 1.77. The van der Waals surface area contributed by atoms with Gasteiger partial charge in [0, 0.05) is 40.9 Å². The van der Waals surface area contributed by atoms with Gasteiger partial charge in [0.2, 0.25) is 0 Å². The van der Waals surface area contributed by atoms with Crippen LogP contribution in [0.25, 0.3) is 22.2 Å². The largest absolute Gasteiger partial charge is 0.488 e. The summed E-state index contributed by atoms with van der Waals surface area (Å²) in [4.78, 5) is 3.56. The lowest BCUT2D eigenvalue weighted by atomic mass is 9.98. The molecule has 0 N–H and O–H groups in total. The number of rotatable bonds is 4. The molecule has 0 aliphatic carbocycles. The van der Waals surface area contributed by atoms with E-state index in [1.165, 1.54) is 37.5 Å². The molecule has 0 saturated carbocycles. The van der Waals surface area contributed by atoms with Gasteiger partial charge in [-0.05, 0) is 38.2 Å². The van der Waals surface area contributed by atoms with Crippen molar-refractivity contribution in [1.29, 1.82) is 0 Å². The van der Waals surface area contributed by atoms with E-state index in [-0.39, 0.29) is 6.10 Å². The number of nitrogens with zero attached hydrogens (tertiary/aromatic N) is 2. The Kier molecular flexibility index (Phi) is 4.48. The maximum atomic E-state index is 6.65. The molecule has 0 fully saturated rings. The predicted octanol–water partition coefficient (Wildman–Crippen LogP) is 5.73. The van der Waals surface area contributed by atoms with Gasteiger partial charge in [0.1, 0.15) is 11.9 Å². The Morgan fingerprint density at radius 1 is 1.11 bits per heavy atom. The van der Waals surface area contributed by atoms with Gasteiger partial charge in [-0.3, -0.25) is 0 Å². The van der Waals surface area contributed by atoms with Crippen molar-refractivity contribution in [1.82, 2.24) is 9.47 Å². The van der Waals surface area contributed by atoms with Crippen LogP contribution >= 0.6 is 11.8 Å². The van der Waals surface area contributed by atoms with Crippen molar-refractivity contribution in [3.05, 3.63) is 59.7 Å². The first-order valence-corrected chi connectivity index (χ1v) is 10.9. The number of hydrogen-bond acceptors (Lipinski definition) is 3. The van der Waals surface area contributed by atoms with Crippen molar-refractivity contribution in [2.45, 2.75) is 42.3 Å².